The third kappa shape index (κ3) is 4.14. The molecule has 1 atom stereocenters. The second kappa shape index (κ2) is 8.39. The molecule has 2 aromatic heterocycles. The van der Waals surface area contributed by atoms with Crippen molar-refractivity contribution < 1.29 is 13.9 Å². The van der Waals surface area contributed by atoms with Gasteiger partial charge in [-0.25, -0.2) is 9.78 Å². The average molecular weight is 383 g/mol. The van der Waals surface area contributed by atoms with Crippen LogP contribution in [0.5, 0.6) is 0 Å². The van der Waals surface area contributed by atoms with Crippen LogP contribution in [-0.2, 0) is 17.8 Å². The number of carbonyl (C=O) groups excluding carboxylic acids is 1. The molecule has 0 fully saturated rings. The van der Waals surface area contributed by atoms with E-state index in [0.717, 1.165) is 6.42 Å². The van der Waals surface area contributed by atoms with Crippen molar-refractivity contribution in [3.8, 4) is 0 Å². The number of rotatable bonds is 7. The predicted octanol–water partition coefficient (Wildman–Crippen LogP) is 3.41. The number of para-hydroxylation sites is 1. The van der Waals surface area contributed by atoms with Crippen molar-refractivity contribution in [2.45, 2.75) is 46.3 Å². The first-order valence-corrected chi connectivity index (χ1v) is 9.32. The molecule has 0 radical (unpaired) electrons. The summed E-state index contributed by atoms with van der Waals surface area (Å²) in [6, 6.07) is 9.22. The van der Waals surface area contributed by atoms with Gasteiger partial charge in [-0.3, -0.25) is 9.69 Å². The third-order valence-corrected chi connectivity index (χ3v) is 4.96. The van der Waals surface area contributed by atoms with E-state index in [1.807, 2.05) is 18.2 Å². The second-order valence-corrected chi connectivity index (χ2v) is 6.87. The molecule has 0 spiro atoms. The number of aryl methyl sites for hydroxylation is 1. The number of benzene rings is 1. The monoisotopic (exact) mass is 383 g/mol. The minimum atomic E-state index is -0.414. The average Bonchev–Trinajstić information content (AvgIpc) is 3.06. The normalized spacial score (nSPS) is 12.5. The summed E-state index contributed by atoms with van der Waals surface area (Å²) >= 11 is 0. The molecule has 28 heavy (non-hydrogen) atoms. The minimum Gasteiger partial charge on any atom is -0.465 e. The Morgan fingerprint density at radius 1 is 1.32 bits per heavy atom. The molecule has 3 aromatic rings. The highest BCUT2D eigenvalue weighted by molar-refractivity contribution is 5.90. The molecule has 148 valence electrons. The van der Waals surface area contributed by atoms with E-state index in [0.29, 0.717) is 46.9 Å². The number of ether oxygens (including phenoxy) is 1. The molecule has 0 saturated carbocycles. The molecule has 0 amide bonds. The highest BCUT2D eigenvalue weighted by atomic mass is 16.5. The zero-order chi connectivity index (χ0) is 20.3. The van der Waals surface area contributed by atoms with Crippen LogP contribution in [0.1, 0.15) is 48.0 Å². The second-order valence-electron chi connectivity index (χ2n) is 6.87. The van der Waals surface area contributed by atoms with E-state index in [1.54, 1.807) is 19.1 Å². The number of fused-ring (bicyclic) bond motifs is 1. The molecule has 1 N–H and O–H groups in total. The summed E-state index contributed by atoms with van der Waals surface area (Å²) in [5.41, 5.74) is 0.956. The number of carbonyl (C=O) groups is 1. The molecular weight excluding hydrogens is 358 g/mol. The number of hydrogen-bond donors (Lipinski definition) is 1. The van der Waals surface area contributed by atoms with Crippen molar-refractivity contribution in [3.63, 3.8) is 0 Å². The van der Waals surface area contributed by atoms with E-state index < -0.39 is 5.97 Å². The fraction of sp³-hybridized carbons (Fsp3) is 0.381. The summed E-state index contributed by atoms with van der Waals surface area (Å²) < 4.78 is 10.6. The Morgan fingerprint density at radius 2 is 2.07 bits per heavy atom. The van der Waals surface area contributed by atoms with E-state index in [9.17, 15) is 9.59 Å². The molecule has 0 aliphatic rings. The highest BCUT2D eigenvalue weighted by Crippen LogP contribution is 2.20. The zero-order valence-electron chi connectivity index (χ0n) is 16.6. The summed E-state index contributed by atoms with van der Waals surface area (Å²) in [6.07, 6.45) is 0.918. The van der Waals surface area contributed by atoms with Gasteiger partial charge in [-0.1, -0.05) is 19.1 Å². The first kappa shape index (κ1) is 19.8. The van der Waals surface area contributed by atoms with Crippen molar-refractivity contribution in [3.05, 3.63) is 63.6 Å². The van der Waals surface area contributed by atoms with Gasteiger partial charge in [-0.15, -0.1) is 0 Å². The molecule has 0 aliphatic carbocycles. The van der Waals surface area contributed by atoms with E-state index in [-0.39, 0.29) is 11.6 Å². The third-order valence-electron chi connectivity index (χ3n) is 4.96. The first-order chi connectivity index (χ1) is 13.4. The van der Waals surface area contributed by atoms with Gasteiger partial charge in [0, 0.05) is 6.04 Å². The van der Waals surface area contributed by atoms with E-state index in [4.69, 9.17) is 9.15 Å². The SMILES string of the molecule is CCC(C)N(Cc1nc2ccccc2c(=O)[nH]1)Cc1cc(C(=O)OC)c(C)o1. The molecule has 3 rings (SSSR count). The Labute approximate surface area is 163 Å². The van der Waals surface area contributed by atoms with Crippen molar-refractivity contribution in [2.75, 3.05) is 7.11 Å². The summed E-state index contributed by atoms with van der Waals surface area (Å²) in [6.45, 7) is 6.90. The van der Waals surface area contributed by atoms with Gasteiger partial charge in [0.05, 0.1) is 31.1 Å². The van der Waals surface area contributed by atoms with Crippen molar-refractivity contribution >= 4 is 16.9 Å². The number of aromatic nitrogens is 2. The van der Waals surface area contributed by atoms with Gasteiger partial charge >= 0.3 is 5.97 Å². The quantitative estimate of drug-likeness (QED) is 0.629. The van der Waals surface area contributed by atoms with Gasteiger partial charge < -0.3 is 14.1 Å². The predicted molar refractivity (Wildman–Crippen MR) is 106 cm³/mol. The van der Waals surface area contributed by atoms with Crippen LogP contribution in [0.15, 0.2) is 39.5 Å². The van der Waals surface area contributed by atoms with Crippen molar-refractivity contribution in [2.24, 2.45) is 0 Å². The maximum Gasteiger partial charge on any atom is 0.341 e. The number of esters is 1. The van der Waals surface area contributed by atoms with Crippen LogP contribution in [0.3, 0.4) is 0 Å². The lowest BCUT2D eigenvalue weighted by Crippen LogP contribution is -2.33. The van der Waals surface area contributed by atoms with Crippen LogP contribution in [0.25, 0.3) is 10.9 Å². The number of nitrogens with one attached hydrogen (secondary N) is 1. The van der Waals surface area contributed by atoms with Crippen molar-refractivity contribution in [1.29, 1.82) is 0 Å². The van der Waals surface area contributed by atoms with Crippen LogP contribution >= 0.6 is 0 Å². The Balaban J connectivity index is 1.87. The molecule has 2 heterocycles. The smallest absolute Gasteiger partial charge is 0.341 e. The van der Waals surface area contributed by atoms with E-state index >= 15 is 0 Å². The number of aromatic amines is 1. The van der Waals surface area contributed by atoms with Crippen LogP contribution in [0, 0.1) is 6.92 Å². The van der Waals surface area contributed by atoms with Gasteiger partial charge in [-0.05, 0) is 38.5 Å². The Kier molecular flexibility index (Phi) is 5.94. The van der Waals surface area contributed by atoms with Gasteiger partial charge in [0.25, 0.3) is 5.56 Å². The van der Waals surface area contributed by atoms with Crippen LogP contribution in [0.4, 0.5) is 0 Å². The Morgan fingerprint density at radius 3 is 2.79 bits per heavy atom. The number of H-pyrrole nitrogens is 1. The lowest BCUT2D eigenvalue weighted by molar-refractivity contribution is 0.0599. The maximum absolute atomic E-state index is 12.4. The number of hydrogen-bond acceptors (Lipinski definition) is 6. The fourth-order valence-corrected chi connectivity index (χ4v) is 3.16. The molecule has 0 aliphatic heterocycles. The molecule has 1 unspecified atom stereocenters. The molecule has 7 heteroatoms. The summed E-state index contributed by atoms with van der Waals surface area (Å²) in [7, 11) is 1.35. The lowest BCUT2D eigenvalue weighted by Gasteiger charge is -2.27. The summed E-state index contributed by atoms with van der Waals surface area (Å²) in [5.74, 6) is 1.38. The van der Waals surface area contributed by atoms with Crippen LogP contribution in [0.2, 0.25) is 0 Å². The number of nitrogens with zero attached hydrogens (tertiary/aromatic N) is 2. The Hall–Kier alpha value is -2.93. The van der Waals surface area contributed by atoms with Gasteiger partial charge in [0.15, 0.2) is 0 Å². The highest BCUT2D eigenvalue weighted by Gasteiger charge is 2.20. The van der Waals surface area contributed by atoms with Gasteiger partial charge in [-0.2, -0.15) is 0 Å². The first-order valence-electron chi connectivity index (χ1n) is 9.32. The maximum atomic E-state index is 12.4. The summed E-state index contributed by atoms with van der Waals surface area (Å²) in [5, 5.41) is 0.575. The summed E-state index contributed by atoms with van der Waals surface area (Å²) in [4.78, 5) is 33.8. The van der Waals surface area contributed by atoms with Gasteiger partial charge in [0.2, 0.25) is 0 Å². The Bertz CT molecular complexity index is 1040. The zero-order valence-corrected chi connectivity index (χ0v) is 16.6. The molecule has 7 nitrogen and oxygen atoms in total. The van der Waals surface area contributed by atoms with Crippen molar-refractivity contribution in [1.82, 2.24) is 14.9 Å². The number of methoxy groups -OCH3 is 1. The molecular formula is C21H25N3O4. The minimum absolute atomic E-state index is 0.147. The van der Waals surface area contributed by atoms with E-state index in [1.165, 1.54) is 7.11 Å². The largest absolute Gasteiger partial charge is 0.465 e. The lowest BCUT2D eigenvalue weighted by atomic mass is 10.2. The molecule has 1 aromatic carbocycles. The molecule has 0 bridgehead atoms. The standard InChI is InChI=1S/C21H25N3O4/c1-5-13(2)24(11-15-10-17(14(3)28-15)21(26)27-4)12-19-22-18-9-7-6-8-16(18)20(25)23-19/h6-10,13H,5,11-12H2,1-4H3,(H,22,23,25). The van der Waals surface area contributed by atoms with Crippen LogP contribution in [-0.4, -0.2) is 34.0 Å². The van der Waals surface area contributed by atoms with E-state index in [2.05, 4.69) is 28.7 Å². The fourth-order valence-electron chi connectivity index (χ4n) is 3.16. The number of furan rings is 1. The van der Waals surface area contributed by atoms with Gasteiger partial charge in [0.1, 0.15) is 22.9 Å². The topological polar surface area (TPSA) is 88.4 Å². The van der Waals surface area contributed by atoms with Crippen LogP contribution < -0.4 is 5.56 Å². The molecule has 0 saturated heterocycles.